The normalized spacial score (nSPS) is 19.6. The summed E-state index contributed by atoms with van der Waals surface area (Å²) in [6.07, 6.45) is 8.01. The molecule has 2 amide bonds. The molecule has 43 heavy (non-hydrogen) atoms. The van der Waals surface area contributed by atoms with Crippen molar-refractivity contribution in [1.82, 2.24) is 20.6 Å². The van der Waals surface area contributed by atoms with Crippen LogP contribution in [0.1, 0.15) is 78.6 Å². The lowest BCUT2D eigenvalue weighted by atomic mass is 9.98. The maximum Gasteiger partial charge on any atom is 0.303 e. The number of aromatic nitrogens is 2. The van der Waals surface area contributed by atoms with E-state index in [0.717, 1.165) is 56.2 Å². The van der Waals surface area contributed by atoms with E-state index >= 15 is 0 Å². The van der Waals surface area contributed by atoms with Gasteiger partial charge >= 0.3 is 11.9 Å². The van der Waals surface area contributed by atoms with Gasteiger partial charge in [0.05, 0.1) is 5.92 Å². The van der Waals surface area contributed by atoms with Crippen molar-refractivity contribution >= 4 is 35.9 Å². The number of carbonyl (C=O) groups excluding carboxylic acids is 2. The zero-order valence-electron chi connectivity index (χ0n) is 25.2. The molecule has 10 nitrogen and oxygen atoms in total. The zero-order valence-corrected chi connectivity index (χ0v) is 25.2. The molecule has 0 saturated carbocycles. The molecule has 1 atom stereocenters. The number of nitrogens with one attached hydrogen (secondary N) is 4. The first-order chi connectivity index (χ1) is 20.4. The number of hydrogen-bond donors (Lipinski definition) is 6. The number of carboxylic acid groups (broad SMARTS) is 2. The van der Waals surface area contributed by atoms with Crippen LogP contribution in [0.25, 0.3) is 12.2 Å². The molecular weight excluding hydrogens is 548 g/mol. The third-order valence-corrected chi connectivity index (χ3v) is 8.37. The monoisotopic (exact) mass is 586 g/mol. The number of hydrogen-bond acceptors (Lipinski definition) is 4. The van der Waals surface area contributed by atoms with E-state index in [0.29, 0.717) is 36.2 Å². The van der Waals surface area contributed by atoms with E-state index in [1.165, 1.54) is 6.08 Å². The standard InChI is InChI=1S/C33H38N4O6/c1-7-20-19(6)32(42)37-27(20)14-25-18(5)23(10-12-31(40)41)29(35-25)15-28-22(9-11-30(38)39)17(4)24(34-28)13-26-16(3)21(8-2)33(43)36-26/h7-8,13-14,19,34-35H,2,9-12,15H2,1,3-6H3,(H,36,43)(H,37,42)(H,38,39)(H,40,41)/b20-7+,26-13+,27-14+/t19-/m0/s1. The second kappa shape index (κ2) is 12.6. The Morgan fingerprint density at radius 3 is 1.81 bits per heavy atom. The van der Waals surface area contributed by atoms with Gasteiger partial charge in [0.25, 0.3) is 5.91 Å². The third-order valence-electron chi connectivity index (χ3n) is 8.37. The maximum atomic E-state index is 12.3. The molecule has 2 aliphatic rings. The van der Waals surface area contributed by atoms with Gasteiger partial charge in [-0.25, -0.2) is 0 Å². The van der Waals surface area contributed by atoms with Crippen molar-refractivity contribution in [3.8, 4) is 0 Å². The van der Waals surface area contributed by atoms with E-state index in [-0.39, 0.29) is 30.6 Å². The summed E-state index contributed by atoms with van der Waals surface area (Å²) in [6, 6.07) is 0. The van der Waals surface area contributed by atoms with Gasteiger partial charge in [0.15, 0.2) is 0 Å². The largest absolute Gasteiger partial charge is 0.481 e. The van der Waals surface area contributed by atoms with E-state index in [1.807, 2.05) is 52.8 Å². The zero-order chi connectivity index (χ0) is 31.6. The minimum Gasteiger partial charge on any atom is -0.481 e. The van der Waals surface area contributed by atoms with Gasteiger partial charge in [0, 0.05) is 59.0 Å². The Morgan fingerprint density at radius 1 is 0.860 bits per heavy atom. The minimum absolute atomic E-state index is 0.0560. The first-order valence-corrected chi connectivity index (χ1v) is 14.3. The molecule has 2 aliphatic heterocycles. The van der Waals surface area contributed by atoms with Crippen molar-refractivity contribution in [2.45, 2.75) is 66.7 Å². The van der Waals surface area contributed by atoms with Gasteiger partial charge in [-0.2, -0.15) is 0 Å². The molecule has 0 aliphatic carbocycles. The summed E-state index contributed by atoms with van der Waals surface area (Å²) in [4.78, 5) is 54.6. The first-order valence-electron chi connectivity index (χ1n) is 14.3. The molecule has 6 N–H and O–H groups in total. The highest BCUT2D eigenvalue weighted by molar-refractivity contribution is 6.03. The number of carboxylic acids is 2. The SMILES string of the molecule is C=CC1=C(C)/C(=C\c2[nH]c(Cc3[nH]c(/C=C4/NC(=O)[C@@H](C)/C4=C\C)c(C)c3CCC(=O)O)c(CCC(=O)O)c2C)NC1=O. The fourth-order valence-electron chi connectivity index (χ4n) is 5.84. The van der Waals surface area contributed by atoms with Crippen LogP contribution in [0.3, 0.4) is 0 Å². The number of aliphatic carboxylic acids is 2. The molecule has 0 unspecified atom stereocenters. The quantitative estimate of drug-likeness (QED) is 0.225. The number of rotatable bonds is 11. The summed E-state index contributed by atoms with van der Waals surface area (Å²) in [7, 11) is 0. The fraction of sp³-hybridized carbons (Fsp3) is 0.333. The predicted molar refractivity (Wildman–Crippen MR) is 164 cm³/mol. The molecule has 1 fully saturated rings. The van der Waals surface area contributed by atoms with Gasteiger partial charge in [-0.3, -0.25) is 19.2 Å². The van der Waals surface area contributed by atoms with Crippen LogP contribution < -0.4 is 10.6 Å². The Morgan fingerprint density at radius 2 is 1.37 bits per heavy atom. The summed E-state index contributed by atoms with van der Waals surface area (Å²) in [5.41, 5.74) is 10.1. The first kappa shape index (κ1) is 31.1. The molecule has 2 aromatic rings. The fourth-order valence-corrected chi connectivity index (χ4v) is 5.84. The van der Waals surface area contributed by atoms with Crippen molar-refractivity contribution in [3.05, 3.63) is 91.9 Å². The predicted octanol–water partition coefficient (Wildman–Crippen LogP) is 4.61. The van der Waals surface area contributed by atoms with Gasteiger partial charge in [0.2, 0.25) is 5.91 Å². The molecule has 0 spiro atoms. The maximum absolute atomic E-state index is 12.3. The van der Waals surface area contributed by atoms with E-state index in [2.05, 4.69) is 27.2 Å². The second-order valence-electron chi connectivity index (χ2n) is 11.0. The molecular formula is C33H38N4O6. The Balaban J connectivity index is 1.80. The van der Waals surface area contributed by atoms with Crippen molar-refractivity contribution in [2.75, 3.05) is 0 Å². The number of H-pyrrole nitrogens is 2. The summed E-state index contributed by atoms with van der Waals surface area (Å²) in [5.74, 6) is -2.40. The lowest BCUT2D eigenvalue weighted by Gasteiger charge is -2.07. The summed E-state index contributed by atoms with van der Waals surface area (Å²) < 4.78 is 0. The van der Waals surface area contributed by atoms with Gasteiger partial charge in [-0.15, -0.1) is 0 Å². The Labute approximate surface area is 250 Å². The van der Waals surface area contributed by atoms with Crippen LogP contribution in [-0.4, -0.2) is 43.9 Å². The average molecular weight is 587 g/mol. The molecule has 4 heterocycles. The van der Waals surface area contributed by atoms with E-state index < -0.39 is 11.9 Å². The summed E-state index contributed by atoms with van der Waals surface area (Å²) >= 11 is 0. The van der Waals surface area contributed by atoms with Crippen molar-refractivity contribution in [1.29, 1.82) is 0 Å². The van der Waals surface area contributed by atoms with E-state index in [4.69, 9.17) is 0 Å². The van der Waals surface area contributed by atoms with Gasteiger partial charge in [0.1, 0.15) is 0 Å². The molecule has 1 saturated heterocycles. The van der Waals surface area contributed by atoms with Gasteiger partial charge < -0.3 is 30.8 Å². The number of carbonyl (C=O) groups is 4. The highest BCUT2D eigenvalue weighted by Crippen LogP contribution is 2.32. The van der Waals surface area contributed by atoms with Crippen LogP contribution in [-0.2, 0) is 38.4 Å². The van der Waals surface area contributed by atoms with Crippen molar-refractivity contribution < 1.29 is 29.4 Å². The summed E-state index contributed by atoms with van der Waals surface area (Å²) in [6.45, 7) is 13.1. The molecule has 2 aromatic heterocycles. The molecule has 4 rings (SSSR count). The Bertz CT molecular complexity index is 1590. The highest BCUT2D eigenvalue weighted by atomic mass is 16.4. The van der Waals surface area contributed by atoms with Crippen molar-refractivity contribution in [2.24, 2.45) is 5.92 Å². The smallest absolute Gasteiger partial charge is 0.303 e. The molecule has 0 bridgehead atoms. The third kappa shape index (κ3) is 6.33. The van der Waals surface area contributed by atoms with E-state index in [1.54, 1.807) is 0 Å². The lowest BCUT2D eigenvalue weighted by Crippen LogP contribution is -2.16. The van der Waals surface area contributed by atoms with Crippen LogP contribution in [0, 0.1) is 19.8 Å². The molecule has 10 heteroatoms. The molecule has 0 aromatic carbocycles. The van der Waals surface area contributed by atoms with E-state index in [9.17, 15) is 29.4 Å². The number of aromatic amines is 2. The van der Waals surface area contributed by atoms with Crippen LogP contribution in [0.2, 0.25) is 0 Å². The Hall–Kier alpha value is -4.86. The van der Waals surface area contributed by atoms with Gasteiger partial charge in [-0.1, -0.05) is 18.7 Å². The topological polar surface area (TPSA) is 164 Å². The van der Waals surface area contributed by atoms with Crippen molar-refractivity contribution in [3.63, 3.8) is 0 Å². The average Bonchev–Trinajstić information content (AvgIpc) is 3.59. The number of amides is 2. The van der Waals surface area contributed by atoms with Crippen LogP contribution in [0.15, 0.2) is 46.8 Å². The van der Waals surface area contributed by atoms with Gasteiger partial charge in [-0.05, 0) is 93.0 Å². The minimum atomic E-state index is -0.914. The van der Waals surface area contributed by atoms with Crippen LogP contribution >= 0.6 is 0 Å². The Kier molecular flexibility index (Phi) is 9.08. The molecule has 226 valence electrons. The number of allylic oxidation sites excluding steroid dienone is 3. The lowest BCUT2D eigenvalue weighted by molar-refractivity contribution is -0.138. The van der Waals surface area contributed by atoms with Crippen LogP contribution in [0.5, 0.6) is 0 Å². The van der Waals surface area contributed by atoms with Crippen LogP contribution in [0.4, 0.5) is 0 Å². The molecule has 0 radical (unpaired) electrons. The second-order valence-corrected chi connectivity index (χ2v) is 11.0. The highest BCUT2D eigenvalue weighted by Gasteiger charge is 2.29. The summed E-state index contributed by atoms with van der Waals surface area (Å²) in [5, 5.41) is 24.7.